The summed E-state index contributed by atoms with van der Waals surface area (Å²) in [6.45, 7) is 0.169. The number of halogens is 2. The number of nitrogens with zero attached hydrogens (tertiary/aromatic N) is 1. The second-order valence-corrected chi connectivity index (χ2v) is 12.9. The molecule has 2 aliphatic heterocycles. The SMILES string of the molecule is O=C(COC1(CCc2ccc([C@@H]3[C@@H](CC[C@H](O)c4ccc(F)cc4)C(=O)N3c3ccc(F)cc3)cc2)COC1)NCS(=O)(=O)O. The maximum Gasteiger partial charge on any atom is 0.283 e. The summed E-state index contributed by atoms with van der Waals surface area (Å²) in [4.78, 5) is 26.9. The van der Waals surface area contributed by atoms with Crippen LogP contribution in [0.25, 0.3) is 0 Å². The molecule has 3 aromatic rings. The van der Waals surface area contributed by atoms with Crippen LogP contribution in [0, 0.1) is 17.6 Å². The number of amides is 2. The minimum Gasteiger partial charge on any atom is -0.388 e. The van der Waals surface area contributed by atoms with Crippen molar-refractivity contribution in [1.82, 2.24) is 5.32 Å². The molecular formula is C32H34F2N2O8S. The second-order valence-electron chi connectivity index (χ2n) is 11.4. The van der Waals surface area contributed by atoms with Gasteiger partial charge in [-0.3, -0.25) is 14.1 Å². The van der Waals surface area contributed by atoms with Gasteiger partial charge in [-0.1, -0.05) is 36.4 Å². The number of benzene rings is 3. The molecule has 2 fully saturated rings. The number of anilines is 1. The highest BCUT2D eigenvalue weighted by Gasteiger charge is 2.48. The van der Waals surface area contributed by atoms with E-state index in [4.69, 9.17) is 14.0 Å². The molecule has 2 saturated heterocycles. The first-order valence-corrected chi connectivity index (χ1v) is 16.1. The van der Waals surface area contributed by atoms with Gasteiger partial charge in [0.1, 0.15) is 29.7 Å². The number of hydrogen-bond acceptors (Lipinski definition) is 7. The Labute approximate surface area is 259 Å². The highest BCUT2D eigenvalue weighted by Crippen LogP contribution is 2.46. The Hall–Kier alpha value is -3.75. The second kappa shape index (κ2) is 13.7. The van der Waals surface area contributed by atoms with Crippen LogP contribution < -0.4 is 10.2 Å². The summed E-state index contributed by atoms with van der Waals surface area (Å²) < 4.78 is 68.5. The third kappa shape index (κ3) is 8.10. The van der Waals surface area contributed by atoms with E-state index in [1.54, 1.807) is 17.0 Å². The Morgan fingerprint density at radius 1 is 1.02 bits per heavy atom. The van der Waals surface area contributed by atoms with Gasteiger partial charge in [-0.25, -0.2) is 8.78 Å². The maximum absolute atomic E-state index is 13.6. The standard InChI is InChI=1S/C32H34F2N2O8S/c33-24-7-5-22(6-8-24)28(37)14-13-27-30(36(31(27)39)26-11-9-25(34)10-12-26)23-3-1-21(2-4-23)15-16-32(18-43-19-32)44-17-29(38)35-20-45(40,41)42/h1-12,27-28,30,37H,13-20H2,(H,35,38)(H,40,41,42)/t27-,28+,30-/m1/s1. The van der Waals surface area contributed by atoms with E-state index in [1.807, 2.05) is 24.3 Å². The molecule has 2 amide bonds. The van der Waals surface area contributed by atoms with Crippen molar-refractivity contribution < 1.29 is 45.9 Å². The lowest BCUT2D eigenvalue weighted by Gasteiger charge is -2.48. The van der Waals surface area contributed by atoms with Crippen molar-refractivity contribution in [2.45, 2.75) is 43.4 Å². The molecule has 0 unspecified atom stereocenters. The lowest BCUT2D eigenvalue weighted by atomic mass is 9.78. The van der Waals surface area contributed by atoms with Gasteiger partial charge in [-0.05, 0) is 78.8 Å². The number of aliphatic hydroxyl groups excluding tert-OH is 1. The molecule has 2 aliphatic rings. The Kier molecular flexibility index (Phi) is 9.94. The van der Waals surface area contributed by atoms with Gasteiger partial charge in [0.05, 0.1) is 31.3 Å². The molecule has 0 radical (unpaired) electrons. The first-order valence-electron chi connectivity index (χ1n) is 14.5. The van der Waals surface area contributed by atoms with Gasteiger partial charge in [-0.2, -0.15) is 8.42 Å². The van der Waals surface area contributed by atoms with Crippen LogP contribution in [-0.4, -0.2) is 61.2 Å². The van der Waals surface area contributed by atoms with E-state index in [0.717, 1.165) is 11.1 Å². The lowest BCUT2D eigenvalue weighted by molar-refractivity contribution is -0.212. The largest absolute Gasteiger partial charge is 0.388 e. The summed E-state index contributed by atoms with van der Waals surface area (Å²) in [6, 6.07) is 18.7. The third-order valence-corrected chi connectivity index (χ3v) is 8.72. The number of aliphatic hydroxyl groups is 1. The normalized spacial score (nSPS) is 19.8. The van der Waals surface area contributed by atoms with Crippen LogP contribution in [0.2, 0.25) is 0 Å². The van der Waals surface area contributed by atoms with Crippen molar-refractivity contribution in [2.24, 2.45) is 5.92 Å². The number of aryl methyl sites for hydroxylation is 1. The van der Waals surface area contributed by atoms with Crippen molar-refractivity contribution in [3.8, 4) is 0 Å². The van der Waals surface area contributed by atoms with Crippen LogP contribution in [0.4, 0.5) is 14.5 Å². The fraction of sp³-hybridized carbons (Fsp3) is 0.375. The predicted molar refractivity (Wildman–Crippen MR) is 160 cm³/mol. The lowest BCUT2D eigenvalue weighted by Crippen LogP contribution is -2.55. The van der Waals surface area contributed by atoms with Crippen molar-refractivity contribution in [3.05, 3.63) is 101 Å². The van der Waals surface area contributed by atoms with E-state index < -0.39 is 51.2 Å². The molecule has 10 nitrogen and oxygen atoms in total. The third-order valence-electron chi connectivity index (χ3n) is 8.21. The first kappa shape index (κ1) is 32.6. The van der Waals surface area contributed by atoms with Crippen molar-refractivity contribution in [2.75, 3.05) is 30.6 Å². The number of ether oxygens (including phenoxy) is 2. The molecule has 2 heterocycles. The van der Waals surface area contributed by atoms with Gasteiger partial charge in [0.15, 0.2) is 0 Å². The molecule has 0 aliphatic carbocycles. The molecule has 45 heavy (non-hydrogen) atoms. The molecule has 0 spiro atoms. The van der Waals surface area contributed by atoms with E-state index in [2.05, 4.69) is 5.32 Å². The van der Waals surface area contributed by atoms with Gasteiger partial charge in [0, 0.05) is 5.69 Å². The van der Waals surface area contributed by atoms with Crippen LogP contribution in [0.3, 0.4) is 0 Å². The molecule has 3 aromatic carbocycles. The molecule has 0 aromatic heterocycles. The topological polar surface area (TPSA) is 142 Å². The predicted octanol–water partition coefficient (Wildman–Crippen LogP) is 3.86. The van der Waals surface area contributed by atoms with Crippen LogP contribution in [-0.2, 0) is 35.6 Å². The zero-order valence-corrected chi connectivity index (χ0v) is 25.1. The maximum atomic E-state index is 13.6. The molecular weight excluding hydrogens is 610 g/mol. The molecule has 240 valence electrons. The summed E-state index contributed by atoms with van der Waals surface area (Å²) >= 11 is 0. The van der Waals surface area contributed by atoms with Gasteiger partial charge in [-0.15, -0.1) is 0 Å². The van der Waals surface area contributed by atoms with Gasteiger partial charge < -0.3 is 24.8 Å². The summed E-state index contributed by atoms with van der Waals surface area (Å²) in [7, 11) is -4.34. The monoisotopic (exact) mass is 644 g/mol. The van der Waals surface area contributed by atoms with Crippen LogP contribution >= 0.6 is 0 Å². The fourth-order valence-corrected chi connectivity index (χ4v) is 5.96. The summed E-state index contributed by atoms with van der Waals surface area (Å²) in [5, 5.41) is 12.8. The smallest absolute Gasteiger partial charge is 0.283 e. The Balaban J connectivity index is 1.23. The van der Waals surface area contributed by atoms with Gasteiger partial charge >= 0.3 is 0 Å². The van der Waals surface area contributed by atoms with E-state index in [-0.39, 0.29) is 31.8 Å². The molecule has 13 heteroatoms. The minimum atomic E-state index is -4.34. The quantitative estimate of drug-likeness (QED) is 0.178. The number of nitrogens with one attached hydrogen (secondary N) is 1. The van der Waals surface area contributed by atoms with E-state index in [1.165, 1.54) is 36.4 Å². The Morgan fingerprint density at radius 3 is 2.22 bits per heavy atom. The summed E-state index contributed by atoms with van der Waals surface area (Å²) in [5.74, 6) is -2.94. The zero-order chi connectivity index (χ0) is 32.2. The van der Waals surface area contributed by atoms with E-state index in [9.17, 15) is 31.9 Å². The first-order chi connectivity index (χ1) is 21.4. The summed E-state index contributed by atoms with van der Waals surface area (Å²) in [6.07, 6.45) is 0.950. The number of β-lactam (4-membered cyclic amide) rings is 1. The van der Waals surface area contributed by atoms with Crippen LogP contribution in [0.1, 0.15) is 48.1 Å². The number of hydrogen-bond donors (Lipinski definition) is 3. The average Bonchev–Trinajstić information content (AvgIpc) is 2.99. The van der Waals surface area contributed by atoms with Crippen LogP contribution in [0.15, 0.2) is 72.8 Å². The minimum absolute atomic E-state index is 0.133. The number of carbonyl (C=O) groups is 2. The van der Waals surface area contributed by atoms with Crippen molar-refractivity contribution >= 4 is 27.6 Å². The highest BCUT2D eigenvalue weighted by molar-refractivity contribution is 7.85. The zero-order valence-electron chi connectivity index (χ0n) is 24.3. The van der Waals surface area contributed by atoms with Gasteiger partial charge in [0.25, 0.3) is 10.1 Å². The Morgan fingerprint density at radius 2 is 1.64 bits per heavy atom. The molecule has 3 N–H and O–H groups in total. The van der Waals surface area contributed by atoms with E-state index in [0.29, 0.717) is 36.9 Å². The van der Waals surface area contributed by atoms with Crippen molar-refractivity contribution in [3.63, 3.8) is 0 Å². The van der Waals surface area contributed by atoms with Crippen molar-refractivity contribution in [1.29, 1.82) is 0 Å². The molecule has 0 saturated carbocycles. The Bertz CT molecular complexity index is 1600. The fourth-order valence-electron chi connectivity index (χ4n) is 5.61. The number of carbonyl (C=O) groups excluding carboxylic acids is 2. The average molecular weight is 645 g/mol. The highest BCUT2D eigenvalue weighted by atomic mass is 32.2. The molecule has 5 rings (SSSR count). The number of rotatable bonds is 14. The van der Waals surface area contributed by atoms with Gasteiger partial charge in [0.2, 0.25) is 11.8 Å². The summed E-state index contributed by atoms with van der Waals surface area (Å²) in [5.41, 5.74) is 2.28. The van der Waals surface area contributed by atoms with Crippen LogP contribution in [0.5, 0.6) is 0 Å². The molecule has 3 atom stereocenters. The molecule has 0 bridgehead atoms. The van der Waals surface area contributed by atoms with E-state index >= 15 is 0 Å².